The van der Waals surface area contributed by atoms with Crippen LogP contribution in [0.4, 0.5) is 5.69 Å². The second kappa shape index (κ2) is 9.53. The number of carbonyl (C=O) groups is 2. The molecule has 2 aromatic carbocycles. The van der Waals surface area contributed by atoms with E-state index in [4.69, 9.17) is 5.11 Å². The summed E-state index contributed by atoms with van der Waals surface area (Å²) in [5, 5.41) is 15.0. The van der Waals surface area contributed by atoms with Gasteiger partial charge in [0.05, 0.1) is 12.2 Å². The molecule has 7 heteroatoms. The molecule has 0 radical (unpaired) electrons. The van der Waals surface area contributed by atoms with E-state index in [1.807, 2.05) is 6.07 Å². The Morgan fingerprint density at radius 1 is 0.760 bits per heavy atom. The van der Waals surface area contributed by atoms with Gasteiger partial charge < -0.3 is 15.7 Å². The van der Waals surface area contributed by atoms with Crippen LogP contribution in [0.25, 0.3) is 0 Å². The molecule has 5 nitrogen and oxygen atoms in total. The molecule has 134 valence electrons. The van der Waals surface area contributed by atoms with E-state index >= 15 is 0 Å². The maximum Gasteiger partial charge on any atom is 0.196 e. The highest BCUT2D eigenvalue weighted by atomic mass is 35.5. The van der Waals surface area contributed by atoms with Crippen LogP contribution < -0.4 is 10.6 Å². The Kier molecular flexibility index (Phi) is 8.06. The van der Waals surface area contributed by atoms with Crippen LogP contribution in [0.2, 0.25) is 0 Å². The standard InChI is InChI=1S/C18H18N2O3.2ClH/c21-11-10-19-8-9-20-15-7-3-6-14-16(15)18(23)13-5-2-1-4-12(13)17(14)22;;/h1-7,19-21H,8-11H2;2*1H. The number of hydrogen-bond donors (Lipinski definition) is 3. The average Bonchev–Trinajstić information content (AvgIpc) is 2.59. The van der Waals surface area contributed by atoms with E-state index in [0.717, 1.165) is 0 Å². The lowest BCUT2D eigenvalue weighted by Crippen LogP contribution is -2.26. The molecule has 1 aliphatic carbocycles. The summed E-state index contributed by atoms with van der Waals surface area (Å²) >= 11 is 0. The van der Waals surface area contributed by atoms with E-state index in [1.54, 1.807) is 36.4 Å². The Bertz CT molecular complexity index is 766. The SMILES string of the molecule is Cl.Cl.O=C1c2ccccc2C(=O)c2c(NCCNCCO)cccc21. The van der Waals surface area contributed by atoms with Gasteiger partial charge in [0, 0.05) is 42.0 Å². The predicted octanol–water partition coefficient (Wildman–Crippen LogP) is 2.30. The molecule has 0 bridgehead atoms. The van der Waals surface area contributed by atoms with Crippen LogP contribution >= 0.6 is 24.8 Å². The van der Waals surface area contributed by atoms with Crippen molar-refractivity contribution in [1.29, 1.82) is 0 Å². The largest absolute Gasteiger partial charge is 0.395 e. The number of fused-ring (bicyclic) bond motifs is 2. The van der Waals surface area contributed by atoms with Gasteiger partial charge in [0.2, 0.25) is 0 Å². The van der Waals surface area contributed by atoms with Crippen molar-refractivity contribution in [2.75, 3.05) is 31.6 Å². The van der Waals surface area contributed by atoms with Crippen molar-refractivity contribution in [3.63, 3.8) is 0 Å². The third-order valence-corrected chi connectivity index (χ3v) is 3.86. The van der Waals surface area contributed by atoms with Crippen LogP contribution in [0.3, 0.4) is 0 Å². The molecule has 0 saturated heterocycles. The summed E-state index contributed by atoms with van der Waals surface area (Å²) in [6.45, 7) is 1.87. The first-order valence-electron chi connectivity index (χ1n) is 7.61. The van der Waals surface area contributed by atoms with Crippen molar-refractivity contribution < 1.29 is 14.7 Å². The van der Waals surface area contributed by atoms with Gasteiger partial charge in [-0.2, -0.15) is 0 Å². The van der Waals surface area contributed by atoms with Crippen molar-refractivity contribution in [3.05, 3.63) is 64.7 Å². The average molecular weight is 383 g/mol. The van der Waals surface area contributed by atoms with Crippen LogP contribution in [0.15, 0.2) is 42.5 Å². The van der Waals surface area contributed by atoms with E-state index in [2.05, 4.69) is 10.6 Å². The molecule has 0 spiro atoms. The smallest absolute Gasteiger partial charge is 0.196 e. The number of hydrogen-bond acceptors (Lipinski definition) is 5. The number of rotatable bonds is 6. The normalized spacial score (nSPS) is 11.7. The molecule has 0 amide bonds. The fourth-order valence-corrected chi connectivity index (χ4v) is 2.78. The number of nitrogens with one attached hydrogen (secondary N) is 2. The first-order valence-corrected chi connectivity index (χ1v) is 7.61. The third kappa shape index (κ3) is 4.19. The summed E-state index contributed by atoms with van der Waals surface area (Å²) in [7, 11) is 0. The number of anilines is 1. The van der Waals surface area contributed by atoms with Crippen LogP contribution in [0, 0.1) is 0 Å². The molecular formula is C18H20Cl2N2O3. The highest BCUT2D eigenvalue weighted by molar-refractivity contribution is 6.30. The van der Waals surface area contributed by atoms with E-state index in [-0.39, 0.29) is 43.0 Å². The number of aliphatic hydroxyl groups is 1. The molecule has 0 aromatic heterocycles. The van der Waals surface area contributed by atoms with Crippen LogP contribution in [0.5, 0.6) is 0 Å². The fourth-order valence-electron chi connectivity index (χ4n) is 2.78. The summed E-state index contributed by atoms with van der Waals surface area (Å²) in [6, 6.07) is 12.2. The Morgan fingerprint density at radius 3 is 2.08 bits per heavy atom. The van der Waals surface area contributed by atoms with Crippen LogP contribution in [0.1, 0.15) is 31.8 Å². The van der Waals surface area contributed by atoms with Gasteiger partial charge in [0.1, 0.15) is 0 Å². The summed E-state index contributed by atoms with van der Waals surface area (Å²) < 4.78 is 0. The van der Waals surface area contributed by atoms with E-state index < -0.39 is 0 Å². The van der Waals surface area contributed by atoms with Crippen molar-refractivity contribution in [2.24, 2.45) is 0 Å². The summed E-state index contributed by atoms with van der Waals surface area (Å²) in [6.07, 6.45) is 0. The maximum atomic E-state index is 12.8. The van der Waals surface area contributed by atoms with Gasteiger partial charge in [0.25, 0.3) is 0 Å². The first kappa shape index (κ1) is 21.1. The maximum absolute atomic E-state index is 12.8. The lowest BCUT2D eigenvalue weighted by atomic mass is 9.83. The van der Waals surface area contributed by atoms with Crippen LogP contribution in [-0.4, -0.2) is 42.9 Å². The van der Waals surface area contributed by atoms with Gasteiger partial charge in [-0.1, -0.05) is 36.4 Å². The van der Waals surface area contributed by atoms with Crippen molar-refractivity contribution in [3.8, 4) is 0 Å². The predicted molar refractivity (Wildman–Crippen MR) is 103 cm³/mol. The lowest BCUT2D eigenvalue weighted by Gasteiger charge is -2.20. The number of benzene rings is 2. The molecule has 0 aliphatic heterocycles. The Balaban J connectivity index is 0.00000156. The number of carbonyl (C=O) groups excluding carboxylic acids is 2. The molecule has 1 aliphatic rings. The summed E-state index contributed by atoms with van der Waals surface area (Å²) in [5.41, 5.74) is 2.48. The zero-order valence-electron chi connectivity index (χ0n) is 13.5. The second-order valence-electron chi connectivity index (χ2n) is 5.33. The quantitative estimate of drug-likeness (QED) is 0.570. The molecule has 3 N–H and O–H groups in total. The van der Waals surface area contributed by atoms with Crippen LogP contribution in [-0.2, 0) is 0 Å². The Labute approximate surface area is 158 Å². The lowest BCUT2D eigenvalue weighted by molar-refractivity contribution is 0.0979. The molecule has 0 heterocycles. The molecule has 2 aromatic rings. The molecule has 0 fully saturated rings. The minimum Gasteiger partial charge on any atom is -0.395 e. The number of ketones is 2. The fraction of sp³-hybridized carbons (Fsp3) is 0.222. The molecular weight excluding hydrogens is 363 g/mol. The summed E-state index contributed by atoms with van der Waals surface area (Å²) in [5.74, 6) is -0.237. The summed E-state index contributed by atoms with van der Waals surface area (Å²) in [4.78, 5) is 25.4. The Hall–Kier alpha value is -1.92. The highest BCUT2D eigenvalue weighted by Gasteiger charge is 2.31. The van der Waals surface area contributed by atoms with Gasteiger partial charge in [-0.15, -0.1) is 24.8 Å². The monoisotopic (exact) mass is 382 g/mol. The van der Waals surface area contributed by atoms with Crippen molar-refractivity contribution in [2.45, 2.75) is 0 Å². The van der Waals surface area contributed by atoms with Gasteiger partial charge >= 0.3 is 0 Å². The topological polar surface area (TPSA) is 78.4 Å². The Morgan fingerprint density at radius 2 is 1.40 bits per heavy atom. The van der Waals surface area contributed by atoms with Crippen molar-refractivity contribution in [1.82, 2.24) is 5.32 Å². The van der Waals surface area contributed by atoms with E-state index in [0.29, 0.717) is 47.6 Å². The molecule has 0 atom stereocenters. The van der Waals surface area contributed by atoms with Gasteiger partial charge in [-0.25, -0.2) is 0 Å². The minimum absolute atomic E-state index is 0. The van der Waals surface area contributed by atoms with E-state index in [9.17, 15) is 9.59 Å². The van der Waals surface area contributed by atoms with Crippen molar-refractivity contribution >= 4 is 42.1 Å². The molecule has 0 unspecified atom stereocenters. The second-order valence-corrected chi connectivity index (χ2v) is 5.33. The zero-order valence-corrected chi connectivity index (χ0v) is 15.1. The van der Waals surface area contributed by atoms with Gasteiger partial charge in [0.15, 0.2) is 11.6 Å². The highest BCUT2D eigenvalue weighted by Crippen LogP contribution is 2.31. The zero-order chi connectivity index (χ0) is 16.2. The molecule has 25 heavy (non-hydrogen) atoms. The van der Waals surface area contributed by atoms with Gasteiger partial charge in [-0.05, 0) is 6.07 Å². The number of aliphatic hydroxyl groups excluding tert-OH is 1. The van der Waals surface area contributed by atoms with Gasteiger partial charge in [-0.3, -0.25) is 9.59 Å². The minimum atomic E-state index is -0.124. The molecule has 3 rings (SSSR count). The molecule has 0 saturated carbocycles. The third-order valence-electron chi connectivity index (χ3n) is 3.86. The van der Waals surface area contributed by atoms with E-state index in [1.165, 1.54) is 0 Å². The number of halogens is 2. The first-order chi connectivity index (χ1) is 11.2.